The Kier molecular flexibility index (Phi) is 7.69. The maximum atomic E-state index is 12.2. The number of aliphatic carboxylic acids is 1. The van der Waals surface area contributed by atoms with Gasteiger partial charge in [0.05, 0.1) is 12.8 Å². The van der Waals surface area contributed by atoms with Crippen LogP contribution in [0.5, 0.6) is 0 Å². The van der Waals surface area contributed by atoms with Crippen LogP contribution in [0, 0.1) is 5.92 Å². The predicted molar refractivity (Wildman–Crippen MR) is 116 cm³/mol. The van der Waals surface area contributed by atoms with Gasteiger partial charge in [0, 0.05) is 22.0 Å². The van der Waals surface area contributed by atoms with Crippen molar-refractivity contribution in [3.63, 3.8) is 0 Å². The van der Waals surface area contributed by atoms with E-state index < -0.39 is 5.97 Å². The van der Waals surface area contributed by atoms with E-state index in [1.807, 2.05) is 43.3 Å². The first kappa shape index (κ1) is 21.4. The van der Waals surface area contributed by atoms with Gasteiger partial charge in [0.15, 0.2) is 0 Å². The standard InChI is InChI=1S/C23H29NO4S/c1-16(17-8-4-2-5-9-17)28-23(27)12-13-24-19-14-20(18-10-6-3-7-11-18)29-21(19)15-22(25)26/h3,6-7,10-11,14,16-17,24H,2,4-5,8-9,12-13,15H2,1H3,(H,25,26). The van der Waals surface area contributed by atoms with E-state index in [1.54, 1.807) is 0 Å². The second kappa shape index (κ2) is 10.4. The maximum Gasteiger partial charge on any atom is 0.308 e. The molecule has 0 saturated heterocycles. The van der Waals surface area contributed by atoms with E-state index in [0.717, 1.165) is 33.8 Å². The normalized spacial score (nSPS) is 15.6. The molecule has 6 heteroatoms. The van der Waals surface area contributed by atoms with E-state index in [0.29, 0.717) is 12.5 Å². The molecule has 1 aromatic heterocycles. The van der Waals surface area contributed by atoms with Gasteiger partial charge in [-0.3, -0.25) is 9.59 Å². The number of rotatable bonds is 9. The third-order valence-electron chi connectivity index (χ3n) is 5.45. The second-order valence-corrected chi connectivity index (χ2v) is 8.79. The van der Waals surface area contributed by atoms with Crippen LogP contribution in [0.3, 0.4) is 0 Å². The lowest BCUT2D eigenvalue weighted by Gasteiger charge is -2.27. The van der Waals surface area contributed by atoms with Crippen molar-refractivity contribution in [3.8, 4) is 10.4 Å². The molecule has 1 atom stereocenters. The Bertz CT molecular complexity index is 812. The number of ether oxygens (including phenoxy) is 1. The number of nitrogens with one attached hydrogen (secondary N) is 1. The minimum atomic E-state index is -0.866. The van der Waals surface area contributed by atoms with Crippen molar-refractivity contribution in [3.05, 3.63) is 41.3 Å². The van der Waals surface area contributed by atoms with E-state index in [-0.39, 0.29) is 24.9 Å². The second-order valence-electron chi connectivity index (χ2n) is 7.65. The number of hydrogen-bond donors (Lipinski definition) is 2. The molecule has 0 radical (unpaired) electrons. The van der Waals surface area contributed by atoms with Gasteiger partial charge in [0.1, 0.15) is 6.10 Å². The molecule has 1 aliphatic rings. The van der Waals surface area contributed by atoms with Gasteiger partial charge in [-0.25, -0.2) is 0 Å². The highest BCUT2D eigenvalue weighted by atomic mass is 32.1. The maximum absolute atomic E-state index is 12.2. The van der Waals surface area contributed by atoms with Crippen molar-refractivity contribution in [1.29, 1.82) is 0 Å². The lowest BCUT2D eigenvalue weighted by atomic mass is 9.86. The SMILES string of the molecule is CC(OC(=O)CCNc1cc(-c2ccccc2)sc1CC(=O)O)C1CCCCC1. The number of carboxylic acid groups (broad SMARTS) is 1. The van der Waals surface area contributed by atoms with Crippen molar-refractivity contribution < 1.29 is 19.4 Å². The van der Waals surface area contributed by atoms with Gasteiger partial charge in [-0.05, 0) is 37.3 Å². The fourth-order valence-corrected chi connectivity index (χ4v) is 4.99. The molecule has 2 aromatic rings. The number of esters is 1. The molecule has 1 unspecified atom stereocenters. The molecule has 1 aliphatic carbocycles. The summed E-state index contributed by atoms with van der Waals surface area (Å²) in [6, 6.07) is 11.8. The molecule has 1 heterocycles. The van der Waals surface area contributed by atoms with Crippen LogP contribution in [0.25, 0.3) is 10.4 Å². The fourth-order valence-electron chi connectivity index (χ4n) is 3.86. The fraction of sp³-hybridized carbons (Fsp3) is 0.478. The van der Waals surface area contributed by atoms with E-state index in [4.69, 9.17) is 4.74 Å². The summed E-state index contributed by atoms with van der Waals surface area (Å²) >= 11 is 1.47. The molecular formula is C23H29NO4S. The van der Waals surface area contributed by atoms with Crippen molar-refractivity contribution in [2.75, 3.05) is 11.9 Å². The van der Waals surface area contributed by atoms with Crippen molar-refractivity contribution in [2.24, 2.45) is 5.92 Å². The number of thiophene rings is 1. The average Bonchev–Trinajstić information content (AvgIpc) is 3.11. The topological polar surface area (TPSA) is 75.6 Å². The van der Waals surface area contributed by atoms with Gasteiger partial charge < -0.3 is 15.2 Å². The van der Waals surface area contributed by atoms with Crippen molar-refractivity contribution >= 4 is 29.0 Å². The van der Waals surface area contributed by atoms with Gasteiger partial charge in [-0.2, -0.15) is 0 Å². The number of hydrogen-bond acceptors (Lipinski definition) is 5. The average molecular weight is 416 g/mol. The van der Waals surface area contributed by atoms with Gasteiger partial charge >= 0.3 is 11.9 Å². The number of carboxylic acids is 1. The summed E-state index contributed by atoms with van der Waals surface area (Å²) in [4.78, 5) is 25.2. The van der Waals surface area contributed by atoms with Crippen LogP contribution in [-0.2, 0) is 20.7 Å². The molecule has 5 nitrogen and oxygen atoms in total. The Morgan fingerprint density at radius 1 is 1.21 bits per heavy atom. The van der Waals surface area contributed by atoms with Crippen LogP contribution in [0.15, 0.2) is 36.4 Å². The highest BCUT2D eigenvalue weighted by Gasteiger charge is 2.23. The molecule has 0 amide bonds. The Balaban J connectivity index is 1.55. The number of carbonyl (C=O) groups is 2. The van der Waals surface area contributed by atoms with E-state index >= 15 is 0 Å². The predicted octanol–water partition coefficient (Wildman–Crippen LogP) is 5.36. The van der Waals surface area contributed by atoms with Crippen LogP contribution < -0.4 is 5.32 Å². The first-order chi connectivity index (χ1) is 14.0. The first-order valence-corrected chi connectivity index (χ1v) is 11.2. The Hall–Kier alpha value is -2.34. The number of anilines is 1. The molecule has 0 bridgehead atoms. The molecule has 0 spiro atoms. The van der Waals surface area contributed by atoms with Gasteiger partial charge in [-0.1, -0.05) is 49.6 Å². The monoisotopic (exact) mass is 415 g/mol. The molecule has 2 N–H and O–H groups in total. The summed E-state index contributed by atoms with van der Waals surface area (Å²) in [5, 5.41) is 12.5. The first-order valence-electron chi connectivity index (χ1n) is 10.4. The number of carbonyl (C=O) groups excluding carboxylic acids is 1. The molecule has 29 heavy (non-hydrogen) atoms. The van der Waals surface area contributed by atoms with Crippen molar-refractivity contribution in [2.45, 2.75) is 58.0 Å². The molecule has 1 saturated carbocycles. The summed E-state index contributed by atoms with van der Waals surface area (Å²) in [5.74, 6) is -0.586. The minimum absolute atomic E-state index is 0.0313. The van der Waals surface area contributed by atoms with Gasteiger partial charge in [-0.15, -0.1) is 11.3 Å². The van der Waals surface area contributed by atoms with Crippen LogP contribution in [0.1, 0.15) is 50.3 Å². The summed E-state index contributed by atoms with van der Waals surface area (Å²) in [5.41, 5.74) is 1.84. The largest absolute Gasteiger partial charge is 0.481 e. The zero-order valence-corrected chi connectivity index (χ0v) is 17.7. The van der Waals surface area contributed by atoms with Gasteiger partial charge in [0.2, 0.25) is 0 Å². The number of benzene rings is 1. The molecular weight excluding hydrogens is 386 g/mol. The third-order valence-corrected chi connectivity index (χ3v) is 6.64. The third kappa shape index (κ3) is 6.32. The molecule has 0 aliphatic heterocycles. The highest BCUT2D eigenvalue weighted by molar-refractivity contribution is 7.16. The van der Waals surface area contributed by atoms with Crippen LogP contribution in [0.4, 0.5) is 5.69 Å². The molecule has 1 fully saturated rings. The summed E-state index contributed by atoms with van der Waals surface area (Å²) in [6.07, 6.45) is 6.21. The highest BCUT2D eigenvalue weighted by Crippen LogP contribution is 2.35. The van der Waals surface area contributed by atoms with Crippen LogP contribution >= 0.6 is 11.3 Å². The lowest BCUT2D eigenvalue weighted by molar-refractivity contribution is -0.151. The smallest absolute Gasteiger partial charge is 0.308 e. The summed E-state index contributed by atoms with van der Waals surface area (Å²) in [7, 11) is 0. The van der Waals surface area contributed by atoms with Gasteiger partial charge in [0.25, 0.3) is 0 Å². The summed E-state index contributed by atoms with van der Waals surface area (Å²) < 4.78 is 5.63. The molecule has 1 aromatic carbocycles. The Morgan fingerprint density at radius 3 is 2.62 bits per heavy atom. The summed E-state index contributed by atoms with van der Waals surface area (Å²) in [6.45, 7) is 2.42. The van der Waals surface area contributed by atoms with Crippen LogP contribution in [0.2, 0.25) is 0 Å². The van der Waals surface area contributed by atoms with E-state index in [9.17, 15) is 14.7 Å². The zero-order chi connectivity index (χ0) is 20.6. The zero-order valence-electron chi connectivity index (χ0n) is 16.9. The lowest BCUT2D eigenvalue weighted by Crippen LogP contribution is -2.26. The van der Waals surface area contributed by atoms with E-state index in [1.165, 1.54) is 30.6 Å². The minimum Gasteiger partial charge on any atom is -0.481 e. The molecule has 3 rings (SSSR count). The van der Waals surface area contributed by atoms with E-state index in [2.05, 4.69) is 5.32 Å². The van der Waals surface area contributed by atoms with Crippen LogP contribution in [-0.4, -0.2) is 29.7 Å². The molecule has 156 valence electrons. The Labute approximate surface area is 176 Å². The Morgan fingerprint density at radius 2 is 1.93 bits per heavy atom. The van der Waals surface area contributed by atoms with Crippen molar-refractivity contribution in [1.82, 2.24) is 0 Å². The quantitative estimate of drug-likeness (QED) is 0.540.